The van der Waals surface area contributed by atoms with Crippen LogP contribution in [0.25, 0.3) is 22.4 Å². The average Bonchev–Trinajstić information content (AvgIpc) is 3.77. The molecular formula is C32H32N4O7. The highest BCUT2D eigenvalue weighted by Gasteiger charge is 2.43. The Morgan fingerprint density at radius 3 is 2.19 bits per heavy atom. The smallest absolute Gasteiger partial charge is 0.335 e. The van der Waals surface area contributed by atoms with E-state index in [2.05, 4.69) is 15.2 Å². The van der Waals surface area contributed by atoms with Crippen molar-refractivity contribution in [2.24, 2.45) is 0 Å². The number of carboxylic acids is 2. The van der Waals surface area contributed by atoms with Crippen LogP contribution >= 0.6 is 0 Å². The first-order chi connectivity index (χ1) is 20.7. The van der Waals surface area contributed by atoms with Gasteiger partial charge in [-0.25, -0.2) is 14.6 Å². The molecule has 2 heterocycles. The third-order valence-corrected chi connectivity index (χ3v) is 8.60. The summed E-state index contributed by atoms with van der Waals surface area (Å²) < 4.78 is 7.60. The van der Waals surface area contributed by atoms with E-state index in [0.29, 0.717) is 42.8 Å². The molecule has 11 heteroatoms. The Morgan fingerprint density at radius 2 is 1.56 bits per heavy atom. The summed E-state index contributed by atoms with van der Waals surface area (Å²) in [6.07, 6.45) is 11.1. The predicted octanol–water partition coefficient (Wildman–Crippen LogP) is 5.88. The third-order valence-electron chi connectivity index (χ3n) is 8.60. The van der Waals surface area contributed by atoms with Gasteiger partial charge in [0.2, 0.25) is 5.91 Å². The van der Waals surface area contributed by atoms with Crippen LogP contribution < -0.4 is 10.6 Å². The number of nitrogens with zero attached hydrogens (tertiary/aromatic N) is 2. The number of benzene rings is 2. The largest absolute Gasteiger partial charge is 0.478 e. The molecule has 2 aliphatic carbocycles. The maximum absolute atomic E-state index is 13.6. The molecule has 0 radical (unpaired) electrons. The van der Waals surface area contributed by atoms with Crippen molar-refractivity contribution in [2.45, 2.75) is 69.4 Å². The number of anilines is 1. The normalized spacial score (nSPS) is 16.7. The molecule has 4 aromatic rings. The van der Waals surface area contributed by atoms with Gasteiger partial charge in [-0.05, 0) is 68.1 Å². The van der Waals surface area contributed by atoms with E-state index in [1.54, 1.807) is 24.7 Å². The Hall–Kier alpha value is -4.93. The zero-order valence-electron chi connectivity index (χ0n) is 23.5. The van der Waals surface area contributed by atoms with Crippen LogP contribution in [0.4, 0.5) is 5.69 Å². The SMILES string of the molecule is O=C(O)c1cc(NC(=O)C2(NC(=O)c3ccc4c(c3)nc(-c3ccoc3)n4C3CCCCC3)CCCC2)cc(C(=O)O)c1. The highest BCUT2D eigenvalue weighted by molar-refractivity contribution is 6.06. The van der Waals surface area contributed by atoms with Crippen molar-refractivity contribution in [2.75, 3.05) is 5.32 Å². The molecule has 0 unspecified atom stereocenters. The summed E-state index contributed by atoms with van der Waals surface area (Å²) in [6.45, 7) is 0. The van der Waals surface area contributed by atoms with Gasteiger partial charge >= 0.3 is 11.9 Å². The third kappa shape index (κ3) is 5.50. The van der Waals surface area contributed by atoms with Gasteiger partial charge in [-0.2, -0.15) is 0 Å². The Morgan fingerprint density at radius 1 is 0.860 bits per heavy atom. The Kier molecular flexibility index (Phi) is 7.47. The summed E-state index contributed by atoms with van der Waals surface area (Å²) in [6, 6.07) is 11.0. The summed E-state index contributed by atoms with van der Waals surface area (Å²) in [7, 11) is 0. The standard InChI is InChI=1S/C32H32N4O7/c37-28(35-32(11-4-5-12-32)31(42)33-23-15-21(29(38)39)14-22(16-23)30(40)41)19-8-9-26-25(17-19)34-27(20-10-13-43-18-20)36(26)24-6-2-1-3-7-24/h8-10,13-18,24H,1-7,11-12H2,(H,33,42)(H,35,37)(H,38,39)(H,40,41). The number of fused-ring (bicyclic) bond motifs is 1. The van der Waals surface area contributed by atoms with Gasteiger partial charge < -0.3 is 29.8 Å². The zero-order chi connectivity index (χ0) is 30.1. The molecule has 222 valence electrons. The Labute approximate surface area is 246 Å². The number of furan rings is 1. The van der Waals surface area contributed by atoms with E-state index in [1.165, 1.54) is 18.6 Å². The fourth-order valence-electron chi connectivity index (χ4n) is 6.42. The molecule has 2 aliphatic rings. The first-order valence-electron chi connectivity index (χ1n) is 14.5. The quantitative estimate of drug-likeness (QED) is 0.199. The van der Waals surface area contributed by atoms with Gasteiger partial charge in [0.25, 0.3) is 5.91 Å². The minimum Gasteiger partial charge on any atom is -0.478 e. The fourth-order valence-corrected chi connectivity index (χ4v) is 6.42. The molecule has 2 saturated carbocycles. The zero-order valence-corrected chi connectivity index (χ0v) is 23.5. The lowest BCUT2D eigenvalue weighted by Crippen LogP contribution is -2.55. The Balaban J connectivity index is 1.28. The lowest BCUT2D eigenvalue weighted by molar-refractivity contribution is -0.122. The van der Waals surface area contributed by atoms with E-state index in [4.69, 9.17) is 9.40 Å². The highest BCUT2D eigenvalue weighted by Crippen LogP contribution is 2.37. The second kappa shape index (κ2) is 11.4. The van der Waals surface area contributed by atoms with Crippen LogP contribution in [0.3, 0.4) is 0 Å². The minimum atomic E-state index is -1.32. The number of hydrogen-bond acceptors (Lipinski definition) is 6. The summed E-state index contributed by atoms with van der Waals surface area (Å²) >= 11 is 0. The van der Waals surface area contributed by atoms with E-state index in [1.807, 2.05) is 12.1 Å². The van der Waals surface area contributed by atoms with Crippen LogP contribution in [-0.4, -0.2) is 49.1 Å². The minimum absolute atomic E-state index is 0.0317. The van der Waals surface area contributed by atoms with Crippen molar-refractivity contribution >= 4 is 40.5 Å². The summed E-state index contributed by atoms with van der Waals surface area (Å²) in [5.74, 6) is -2.80. The summed E-state index contributed by atoms with van der Waals surface area (Å²) in [5, 5.41) is 24.4. The number of nitrogens with one attached hydrogen (secondary N) is 2. The molecule has 0 aliphatic heterocycles. The van der Waals surface area contributed by atoms with E-state index in [-0.39, 0.29) is 16.8 Å². The molecule has 2 amide bonds. The molecule has 0 saturated heterocycles. The second-order valence-electron chi connectivity index (χ2n) is 11.4. The number of carbonyl (C=O) groups is 4. The molecule has 0 atom stereocenters. The summed E-state index contributed by atoms with van der Waals surface area (Å²) in [5.41, 5.74) is 1.09. The molecule has 0 spiro atoms. The lowest BCUT2D eigenvalue weighted by Gasteiger charge is -2.29. The monoisotopic (exact) mass is 584 g/mol. The molecule has 0 bridgehead atoms. The average molecular weight is 585 g/mol. The topological polar surface area (TPSA) is 164 Å². The Bertz CT molecular complexity index is 1680. The number of carbonyl (C=O) groups excluding carboxylic acids is 2. The molecule has 4 N–H and O–H groups in total. The molecule has 6 rings (SSSR count). The van der Waals surface area contributed by atoms with E-state index in [0.717, 1.165) is 48.7 Å². The van der Waals surface area contributed by atoms with Crippen molar-refractivity contribution in [3.8, 4) is 11.4 Å². The van der Waals surface area contributed by atoms with Crippen LogP contribution in [0.15, 0.2) is 59.4 Å². The fraction of sp³-hybridized carbons (Fsp3) is 0.344. The van der Waals surface area contributed by atoms with Gasteiger partial charge in [0.05, 0.1) is 34.0 Å². The predicted molar refractivity (Wildman–Crippen MR) is 157 cm³/mol. The van der Waals surface area contributed by atoms with Crippen molar-refractivity contribution < 1.29 is 33.8 Å². The van der Waals surface area contributed by atoms with E-state index >= 15 is 0 Å². The maximum atomic E-state index is 13.6. The van der Waals surface area contributed by atoms with Crippen molar-refractivity contribution in [3.63, 3.8) is 0 Å². The number of rotatable bonds is 8. The van der Waals surface area contributed by atoms with Gasteiger partial charge in [-0.15, -0.1) is 0 Å². The van der Waals surface area contributed by atoms with Crippen LogP contribution in [0, 0.1) is 0 Å². The van der Waals surface area contributed by atoms with Crippen LogP contribution in [0.1, 0.15) is 94.9 Å². The molecule has 11 nitrogen and oxygen atoms in total. The van der Waals surface area contributed by atoms with Gasteiger partial charge in [0.1, 0.15) is 17.6 Å². The number of aromatic carboxylic acids is 2. The van der Waals surface area contributed by atoms with E-state index < -0.39 is 29.3 Å². The number of hydrogen-bond donors (Lipinski definition) is 4. The van der Waals surface area contributed by atoms with Gasteiger partial charge in [0, 0.05) is 17.3 Å². The van der Waals surface area contributed by atoms with Crippen LogP contribution in [0.2, 0.25) is 0 Å². The van der Waals surface area contributed by atoms with Crippen LogP contribution in [0.5, 0.6) is 0 Å². The molecule has 43 heavy (non-hydrogen) atoms. The van der Waals surface area contributed by atoms with Crippen LogP contribution in [-0.2, 0) is 4.79 Å². The second-order valence-corrected chi connectivity index (χ2v) is 11.4. The number of carboxylic acid groups (broad SMARTS) is 2. The first kappa shape index (κ1) is 28.2. The molecule has 2 aromatic heterocycles. The first-order valence-corrected chi connectivity index (χ1v) is 14.5. The van der Waals surface area contributed by atoms with Crippen molar-refractivity contribution in [3.05, 3.63) is 71.7 Å². The maximum Gasteiger partial charge on any atom is 0.335 e. The van der Waals surface area contributed by atoms with Gasteiger partial charge in [0.15, 0.2) is 0 Å². The molecule has 2 aromatic carbocycles. The van der Waals surface area contributed by atoms with Crippen molar-refractivity contribution in [1.82, 2.24) is 14.9 Å². The van der Waals surface area contributed by atoms with Gasteiger partial charge in [-0.1, -0.05) is 32.1 Å². The lowest BCUT2D eigenvalue weighted by atomic mass is 9.94. The summed E-state index contributed by atoms with van der Waals surface area (Å²) in [4.78, 5) is 55.2. The highest BCUT2D eigenvalue weighted by atomic mass is 16.4. The molecule has 2 fully saturated rings. The molecular weight excluding hydrogens is 552 g/mol. The van der Waals surface area contributed by atoms with E-state index in [9.17, 15) is 29.4 Å². The number of amides is 2. The number of imidazole rings is 1. The number of aromatic nitrogens is 2. The van der Waals surface area contributed by atoms with Gasteiger partial charge in [-0.3, -0.25) is 9.59 Å². The van der Waals surface area contributed by atoms with Crippen molar-refractivity contribution in [1.29, 1.82) is 0 Å².